The Morgan fingerprint density at radius 1 is 1.07 bits per heavy atom. The van der Waals surface area contributed by atoms with Crippen LogP contribution in [-0.4, -0.2) is 36.5 Å². The van der Waals surface area contributed by atoms with Crippen LogP contribution in [-0.2, 0) is 16.2 Å². The number of halogens is 3. The Hall–Kier alpha value is -1.58. The second-order valence-corrected chi connectivity index (χ2v) is 9.33. The molecule has 2 heterocycles. The summed E-state index contributed by atoms with van der Waals surface area (Å²) in [5, 5.41) is 0.942. The monoisotopic (exact) mass is 416 g/mol. The summed E-state index contributed by atoms with van der Waals surface area (Å²) in [4.78, 5) is 4.16. The number of alkyl halides is 3. The van der Waals surface area contributed by atoms with E-state index in [1.807, 2.05) is 18.2 Å². The molecule has 146 valence electrons. The van der Waals surface area contributed by atoms with Gasteiger partial charge in [-0.25, -0.2) is 13.4 Å². The van der Waals surface area contributed by atoms with Gasteiger partial charge in [0.2, 0.25) is 10.0 Å². The normalized spacial score (nSPS) is 17.1. The van der Waals surface area contributed by atoms with Crippen molar-refractivity contribution in [2.24, 2.45) is 5.92 Å². The first-order valence-corrected chi connectivity index (χ1v) is 10.9. The van der Waals surface area contributed by atoms with Crippen LogP contribution < -0.4 is 0 Å². The van der Waals surface area contributed by atoms with Crippen molar-refractivity contribution < 1.29 is 21.6 Å². The van der Waals surface area contributed by atoms with Crippen molar-refractivity contribution in [3.63, 3.8) is 0 Å². The summed E-state index contributed by atoms with van der Waals surface area (Å²) in [7, 11) is -3.77. The van der Waals surface area contributed by atoms with Crippen LogP contribution in [0.3, 0.4) is 0 Å². The molecule has 0 saturated carbocycles. The molecule has 4 nitrogen and oxygen atoms in total. The van der Waals surface area contributed by atoms with Gasteiger partial charge in [-0.1, -0.05) is 6.07 Å². The minimum absolute atomic E-state index is 0.100. The molecule has 1 aromatic carbocycles. The van der Waals surface area contributed by atoms with Gasteiger partial charge in [0.25, 0.3) is 0 Å². The highest BCUT2D eigenvalue weighted by atomic mass is 32.2. The lowest BCUT2D eigenvalue weighted by molar-refractivity contribution is -0.137. The van der Waals surface area contributed by atoms with E-state index in [0.29, 0.717) is 19.0 Å². The first-order valence-electron chi connectivity index (χ1n) is 8.48. The number of benzene rings is 1. The highest BCUT2D eigenvalue weighted by Crippen LogP contribution is 2.31. The summed E-state index contributed by atoms with van der Waals surface area (Å²) in [6.07, 6.45) is -1.30. The number of pyridine rings is 1. The van der Waals surface area contributed by atoms with Crippen LogP contribution in [0.15, 0.2) is 58.6 Å². The van der Waals surface area contributed by atoms with Crippen molar-refractivity contribution in [3.05, 3.63) is 54.2 Å². The van der Waals surface area contributed by atoms with Crippen molar-refractivity contribution in [1.29, 1.82) is 0 Å². The van der Waals surface area contributed by atoms with Gasteiger partial charge in [0.05, 0.1) is 15.5 Å². The number of hydrogen-bond donors (Lipinski definition) is 0. The Morgan fingerprint density at radius 2 is 1.74 bits per heavy atom. The summed E-state index contributed by atoms with van der Waals surface area (Å²) in [6.45, 7) is 0.744. The number of aromatic nitrogens is 1. The summed E-state index contributed by atoms with van der Waals surface area (Å²) in [6, 6.07) is 9.40. The third kappa shape index (κ3) is 5.03. The van der Waals surface area contributed by atoms with Crippen LogP contribution >= 0.6 is 11.8 Å². The number of sulfonamides is 1. The molecule has 27 heavy (non-hydrogen) atoms. The van der Waals surface area contributed by atoms with E-state index in [2.05, 4.69) is 4.98 Å². The van der Waals surface area contributed by atoms with Gasteiger partial charge in [-0.2, -0.15) is 17.5 Å². The zero-order valence-electron chi connectivity index (χ0n) is 14.4. The SMILES string of the molecule is O=S(=O)(c1ccc(C(F)(F)F)cc1)N1CCC(CSc2ccccn2)CC1. The van der Waals surface area contributed by atoms with E-state index in [-0.39, 0.29) is 4.90 Å². The topological polar surface area (TPSA) is 50.3 Å². The van der Waals surface area contributed by atoms with Gasteiger partial charge in [0.1, 0.15) is 0 Å². The molecule has 0 atom stereocenters. The van der Waals surface area contributed by atoms with Gasteiger partial charge in [-0.05, 0) is 55.2 Å². The van der Waals surface area contributed by atoms with E-state index in [1.165, 1.54) is 4.31 Å². The van der Waals surface area contributed by atoms with E-state index in [1.54, 1.807) is 18.0 Å². The third-order valence-electron chi connectivity index (χ3n) is 4.50. The molecule has 0 spiro atoms. The molecule has 1 fully saturated rings. The summed E-state index contributed by atoms with van der Waals surface area (Å²) >= 11 is 1.65. The Labute approximate surface area is 160 Å². The first-order chi connectivity index (χ1) is 12.8. The minimum Gasteiger partial charge on any atom is -0.250 e. The molecule has 0 aliphatic carbocycles. The van der Waals surface area contributed by atoms with Crippen LogP contribution in [0.4, 0.5) is 13.2 Å². The lowest BCUT2D eigenvalue weighted by atomic mass is 10.0. The molecule has 0 amide bonds. The predicted octanol–water partition coefficient (Wildman–Crippen LogP) is 4.29. The van der Waals surface area contributed by atoms with Crippen molar-refractivity contribution in [3.8, 4) is 0 Å². The van der Waals surface area contributed by atoms with Crippen LogP contribution in [0.25, 0.3) is 0 Å². The smallest absolute Gasteiger partial charge is 0.250 e. The number of hydrogen-bond acceptors (Lipinski definition) is 4. The first kappa shape index (κ1) is 20.2. The molecule has 1 aliphatic heterocycles. The van der Waals surface area contributed by atoms with Crippen molar-refractivity contribution in [1.82, 2.24) is 9.29 Å². The van der Waals surface area contributed by atoms with E-state index >= 15 is 0 Å². The average Bonchev–Trinajstić information content (AvgIpc) is 2.67. The molecule has 0 bridgehead atoms. The summed E-state index contributed by atoms with van der Waals surface area (Å²) in [5.74, 6) is 1.25. The fourth-order valence-corrected chi connectivity index (χ4v) is 5.44. The van der Waals surface area contributed by atoms with Crippen molar-refractivity contribution in [2.75, 3.05) is 18.8 Å². The Morgan fingerprint density at radius 3 is 2.30 bits per heavy atom. The Kier molecular flexibility index (Phi) is 6.12. The number of nitrogens with zero attached hydrogens (tertiary/aromatic N) is 2. The van der Waals surface area contributed by atoms with E-state index in [0.717, 1.165) is 47.9 Å². The van der Waals surface area contributed by atoms with Crippen LogP contribution in [0.1, 0.15) is 18.4 Å². The lowest BCUT2D eigenvalue weighted by Crippen LogP contribution is -2.38. The van der Waals surface area contributed by atoms with Gasteiger partial charge < -0.3 is 0 Å². The quantitative estimate of drug-likeness (QED) is 0.682. The van der Waals surface area contributed by atoms with Crippen molar-refractivity contribution >= 4 is 21.8 Å². The zero-order valence-corrected chi connectivity index (χ0v) is 16.0. The van der Waals surface area contributed by atoms with Gasteiger partial charge in [-0.3, -0.25) is 0 Å². The molecule has 3 rings (SSSR count). The van der Waals surface area contributed by atoms with Crippen molar-refractivity contribution in [2.45, 2.75) is 28.9 Å². The average molecular weight is 416 g/mol. The van der Waals surface area contributed by atoms with Gasteiger partial charge in [0, 0.05) is 25.0 Å². The lowest BCUT2D eigenvalue weighted by Gasteiger charge is -2.31. The van der Waals surface area contributed by atoms with Gasteiger partial charge in [0.15, 0.2) is 0 Å². The second-order valence-electron chi connectivity index (χ2n) is 6.35. The molecule has 2 aromatic rings. The Bertz CT molecular complexity index is 848. The van der Waals surface area contributed by atoms with Gasteiger partial charge in [-0.15, -0.1) is 11.8 Å². The molecule has 0 N–H and O–H groups in total. The van der Waals surface area contributed by atoms with Crippen LogP contribution in [0.2, 0.25) is 0 Å². The maximum Gasteiger partial charge on any atom is 0.416 e. The Balaban J connectivity index is 1.58. The summed E-state index contributed by atoms with van der Waals surface area (Å²) in [5.41, 5.74) is -0.855. The molecule has 0 unspecified atom stereocenters. The second kappa shape index (κ2) is 8.20. The van der Waals surface area contributed by atoms with E-state index < -0.39 is 21.8 Å². The maximum atomic E-state index is 12.7. The number of thioether (sulfide) groups is 1. The number of piperidine rings is 1. The summed E-state index contributed by atoms with van der Waals surface area (Å²) < 4.78 is 64.6. The molecular weight excluding hydrogens is 397 g/mol. The predicted molar refractivity (Wildman–Crippen MR) is 97.9 cm³/mol. The van der Waals surface area contributed by atoms with Crippen LogP contribution in [0.5, 0.6) is 0 Å². The molecule has 1 aliphatic rings. The third-order valence-corrected chi connectivity index (χ3v) is 7.59. The molecule has 9 heteroatoms. The minimum atomic E-state index is -4.48. The molecule has 1 saturated heterocycles. The number of rotatable bonds is 5. The standard InChI is InChI=1S/C18H19F3N2O2S2/c19-18(20,21)15-4-6-16(7-5-15)27(24,25)23-11-8-14(9-12-23)13-26-17-3-1-2-10-22-17/h1-7,10,14H,8-9,11-13H2. The molecular formula is C18H19F3N2O2S2. The van der Waals surface area contributed by atoms with Crippen LogP contribution in [0, 0.1) is 5.92 Å². The van der Waals surface area contributed by atoms with Gasteiger partial charge >= 0.3 is 6.18 Å². The highest BCUT2D eigenvalue weighted by Gasteiger charge is 2.32. The fraction of sp³-hybridized carbons (Fsp3) is 0.389. The van der Waals surface area contributed by atoms with E-state index in [4.69, 9.17) is 0 Å². The maximum absolute atomic E-state index is 12.7. The largest absolute Gasteiger partial charge is 0.416 e. The molecule has 1 aromatic heterocycles. The van der Waals surface area contributed by atoms with E-state index in [9.17, 15) is 21.6 Å². The zero-order chi connectivity index (χ0) is 19.5. The fourth-order valence-electron chi connectivity index (χ4n) is 2.92. The molecule has 0 radical (unpaired) electrons. The highest BCUT2D eigenvalue weighted by molar-refractivity contribution is 7.99.